The summed E-state index contributed by atoms with van der Waals surface area (Å²) in [5.41, 5.74) is 12.9. The van der Waals surface area contributed by atoms with Crippen LogP contribution >= 0.6 is 0 Å². The molecule has 73 heavy (non-hydrogen) atoms. The van der Waals surface area contributed by atoms with E-state index in [1.807, 2.05) is 46.8 Å². The number of aliphatic hydroxyl groups excluding tert-OH is 2. The highest BCUT2D eigenvalue weighted by molar-refractivity contribution is 5.88. The van der Waals surface area contributed by atoms with Crippen molar-refractivity contribution in [3.05, 3.63) is 130 Å². The second kappa shape index (κ2) is 23.7. The van der Waals surface area contributed by atoms with E-state index in [0.717, 1.165) is 70.5 Å². The van der Waals surface area contributed by atoms with E-state index in [1.54, 1.807) is 0 Å². The number of hydroxylamine groups is 1. The van der Waals surface area contributed by atoms with Gasteiger partial charge in [0.25, 0.3) is 0 Å². The molecule has 0 spiro atoms. The highest BCUT2D eigenvalue weighted by Crippen LogP contribution is 2.46. The summed E-state index contributed by atoms with van der Waals surface area (Å²) >= 11 is 0. The van der Waals surface area contributed by atoms with Crippen LogP contribution in [0.1, 0.15) is 152 Å². The van der Waals surface area contributed by atoms with Crippen LogP contribution in [0.25, 0.3) is 21.8 Å². The van der Waals surface area contributed by atoms with Gasteiger partial charge in [0.1, 0.15) is 24.7 Å². The van der Waals surface area contributed by atoms with Crippen LogP contribution in [-0.4, -0.2) is 70.4 Å². The molecule has 0 radical (unpaired) electrons. The van der Waals surface area contributed by atoms with Gasteiger partial charge in [0.05, 0.1) is 25.9 Å². The Morgan fingerprint density at radius 1 is 0.630 bits per heavy atom. The predicted molar refractivity (Wildman–Crippen MR) is 295 cm³/mol. The first-order valence-corrected chi connectivity index (χ1v) is 26.6. The number of carbonyl (C=O) groups is 2. The standard InChI is InChI=1S/C62H85N3O8/c1-15-61(16-2,45-23-27-53(41(5)33-45)71-39-55(66)59(7,8)9)49-37-64(12)51-35-43(19-25-47(49)51)21-29-57(68)63-73-32-31-60(10,11)56(67)40-72-54-28-24-46(34-42(54)6)62(17-3,18-4)50-38-65(13)52-36-44(20-26-48(50)52)22-30-58(69)70-14/h19-20,23-28,33-38,55-56,66-67H,15-18,21-22,29-32,39-40H2,1-14H3,(H,63,68). The predicted octanol–water partition coefficient (Wildman–Crippen LogP) is 12.2. The average Bonchev–Trinajstić information content (AvgIpc) is 3.88. The molecule has 2 aromatic heterocycles. The Kier molecular flexibility index (Phi) is 18.4. The monoisotopic (exact) mass is 1000 g/mol. The third-order valence-corrected chi connectivity index (χ3v) is 16.2. The second-order valence-electron chi connectivity index (χ2n) is 22.3. The molecule has 0 aliphatic rings. The van der Waals surface area contributed by atoms with E-state index in [2.05, 4.69) is 143 Å². The average molecular weight is 1000 g/mol. The minimum Gasteiger partial charge on any atom is -0.491 e. The molecule has 2 heterocycles. The highest BCUT2D eigenvalue weighted by atomic mass is 16.6. The molecule has 0 saturated carbocycles. The number of amides is 1. The molecule has 11 heteroatoms. The van der Waals surface area contributed by atoms with Crippen LogP contribution in [0.5, 0.6) is 11.5 Å². The first-order chi connectivity index (χ1) is 34.6. The molecule has 3 N–H and O–H groups in total. The molecule has 0 saturated heterocycles. The minimum atomic E-state index is -0.777. The van der Waals surface area contributed by atoms with Crippen LogP contribution in [0.2, 0.25) is 0 Å². The van der Waals surface area contributed by atoms with Crippen molar-refractivity contribution in [2.24, 2.45) is 24.9 Å². The number of esters is 1. The molecule has 6 rings (SSSR count). The molecule has 0 fully saturated rings. The van der Waals surface area contributed by atoms with Gasteiger partial charge in [-0.05, 0) is 138 Å². The van der Waals surface area contributed by atoms with E-state index in [0.29, 0.717) is 25.7 Å². The van der Waals surface area contributed by atoms with Crippen molar-refractivity contribution in [3.63, 3.8) is 0 Å². The quantitative estimate of drug-likeness (QED) is 0.0293. The summed E-state index contributed by atoms with van der Waals surface area (Å²) in [4.78, 5) is 30.5. The Morgan fingerprint density at radius 2 is 1.08 bits per heavy atom. The van der Waals surface area contributed by atoms with Crippen LogP contribution in [0.4, 0.5) is 0 Å². The maximum atomic E-state index is 13.0. The van der Waals surface area contributed by atoms with E-state index in [4.69, 9.17) is 19.0 Å². The molecule has 6 aromatic rings. The Bertz CT molecular complexity index is 2840. The number of methoxy groups -OCH3 is 1. The fraction of sp³-hybridized carbons (Fsp3) is 0.516. The Labute approximate surface area is 435 Å². The molecular formula is C62H85N3O8. The molecule has 0 bridgehead atoms. The highest BCUT2D eigenvalue weighted by Gasteiger charge is 2.36. The molecule has 0 aliphatic carbocycles. The number of nitrogens with one attached hydrogen (secondary N) is 1. The van der Waals surface area contributed by atoms with E-state index >= 15 is 0 Å². The zero-order chi connectivity index (χ0) is 53.5. The molecular weight excluding hydrogens is 915 g/mol. The molecule has 1 amide bonds. The number of hydrogen-bond donors (Lipinski definition) is 3. The van der Waals surface area contributed by atoms with Gasteiger partial charge in [-0.2, -0.15) is 0 Å². The molecule has 2 atom stereocenters. The normalized spacial score (nSPS) is 13.4. The summed E-state index contributed by atoms with van der Waals surface area (Å²) in [6.07, 6.45) is 9.15. The summed E-state index contributed by atoms with van der Waals surface area (Å²) in [5.74, 6) is 1.12. The maximum absolute atomic E-state index is 13.0. The lowest BCUT2D eigenvalue weighted by Crippen LogP contribution is -2.36. The lowest BCUT2D eigenvalue weighted by molar-refractivity contribution is -0.140. The van der Waals surface area contributed by atoms with Gasteiger partial charge >= 0.3 is 5.97 Å². The van der Waals surface area contributed by atoms with Crippen LogP contribution in [0.15, 0.2) is 85.2 Å². The molecule has 11 nitrogen and oxygen atoms in total. The fourth-order valence-corrected chi connectivity index (χ4v) is 10.6. The van der Waals surface area contributed by atoms with Crippen LogP contribution in [-0.2, 0) is 56.9 Å². The van der Waals surface area contributed by atoms with Gasteiger partial charge in [0.15, 0.2) is 0 Å². The third kappa shape index (κ3) is 12.5. The molecule has 396 valence electrons. The lowest BCUT2D eigenvalue weighted by Gasteiger charge is -2.33. The van der Waals surface area contributed by atoms with Crippen molar-refractivity contribution < 1.29 is 38.9 Å². The van der Waals surface area contributed by atoms with Crippen molar-refractivity contribution in [3.8, 4) is 11.5 Å². The number of aromatic nitrogens is 2. The van der Waals surface area contributed by atoms with Gasteiger partial charge in [-0.25, -0.2) is 5.48 Å². The maximum Gasteiger partial charge on any atom is 0.305 e. The van der Waals surface area contributed by atoms with E-state index in [1.165, 1.54) is 40.1 Å². The van der Waals surface area contributed by atoms with Crippen molar-refractivity contribution >= 4 is 33.7 Å². The van der Waals surface area contributed by atoms with E-state index in [9.17, 15) is 19.8 Å². The topological polar surface area (TPSA) is 133 Å². The second-order valence-corrected chi connectivity index (χ2v) is 22.3. The number of ether oxygens (including phenoxy) is 3. The van der Waals surface area contributed by atoms with Crippen molar-refractivity contribution in [2.45, 2.75) is 157 Å². The largest absolute Gasteiger partial charge is 0.491 e. The number of hydrogen-bond acceptors (Lipinski definition) is 8. The Morgan fingerprint density at radius 3 is 1.51 bits per heavy atom. The summed E-state index contributed by atoms with van der Waals surface area (Å²) in [6.45, 7) is 23.7. The number of aliphatic hydroxyl groups is 2. The van der Waals surface area contributed by atoms with Gasteiger partial charge < -0.3 is 33.6 Å². The van der Waals surface area contributed by atoms with Crippen LogP contribution in [0.3, 0.4) is 0 Å². The van der Waals surface area contributed by atoms with Gasteiger partial charge in [-0.15, -0.1) is 0 Å². The molecule has 0 aliphatic heterocycles. The summed E-state index contributed by atoms with van der Waals surface area (Å²) in [7, 11) is 5.59. The number of fused-ring (bicyclic) bond motifs is 2. The van der Waals surface area contributed by atoms with Gasteiger partial charge in [0.2, 0.25) is 5.91 Å². The molecule has 2 unspecified atom stereocenters. The van der Waals surface area contributed by atoms with Crippen molar-refractivity contribution in [2.75, 3.05) is 26.9 Å². The zero-order valence-corrected chi connectivity index (χ0v) is 46.5. The fourth-order valence-electron chi connectivity index (χ4n) is 10.6. The van der Waals surface area contributed by atoms with E-state index in [-0.39, 0.29) is 54.4 Å². The zero-order valence-electron chi connectivity index (χ0n) is 46.5. The summed E-state index contributed by atoms with van der Waals surface area (Å²) in [6, 6.07) is 25.9. The van der Waals surface area contributed by atoms with Gasteiger partial charge in [0, 0.05) is 72.0 Å². The van der Waals surface area contributed by atoms with Gasteiger partial charge in [-0.3, -0.25) is 14.4 Å². The number of aryl methyl sites for hydroxylation is 6. The first-order valence-electron chi connectivity index (χ1n) is 26.6. The van der Waals surface area contributed by atoms with Crippen LogP contribution < -0.4 is 15.0 Å². The lowest BCUT2D eigenvalue weighted by atomic mass is 9.70. The smallest absolute Gasteiger partial charge is 0.305 e. The van der Waals surface area contributed by atoms with E-state index < -0.39 is 17.6 Å². The van der Waals surface area contributed by atoms with Gasteiger partial charge in [-0.1, -0.05) is 111 Å². The van der Waals surface area contributed by atoms with Crippen molar-refractivity contribution in [1.29, 1.82) is 0 Å². The Hall–Kier alpha value is -5.62. The summed E-state index contributed by atoms with van der Waals surface area (Å²) < 4.78 is 21.6. The number of rotatable bonds is 25. The van der Waals surface area contributed by atoms with Crippen molar-refractivity contribution in [1.82, 2.24) is 14.6 Å². The molecule has 4 aromatic carbocycles. The summed E-state index contributed by atoms with van der Waals surface area (Å²) in [5, 5.41) is 24.3. The Balaban J connectivity index is 1.01. The SMILES string of the molecule is CCC(CC)(c1ccc(OCC(O)C(C)(C)C)c(C)c1)c1cn(C)c2cc(CCC(=O)NOCCC(C)(C)C(O)COc3ccc(C(CC)(CC)c4cn(C)c5cc(CCC(=O)OC)ccc45)cc3C)ccc12. The minimum absolute atomic E-state index is 0.116. The third-order valence-electron chi connectivity index (χ3n) is 16.2. The first kappa shape index (κ1) is 56.7. The van der Waals surface area contributed by atoms with Crippen LogP contribution in [0, 0.1) is 24.7 Å². The number of carbonyl (C=O) groups excluding carboxylic acids is 2. The number of nitrogens with zero attached hydrogens (tertiary/aromatic N) is 2. The number of benzene rings is 4.